The van der Waals surface area contributed by atoms with Gasteiger partial charge in [-0.25, -0.2) is 8.42 Å². The zero-order valence-corrected chi connectivity index (χ0v) is 10.4. The highest BCUT2D eigenvalue weighted by Crippen LogP contribution is 2.29. The quantitative estimate of drug-likeness (QED) is 0.699. The molecule has 1 aliphatic heterocycles. The van der Waals surface area contributed by atoms with Gasteiger partial charge in [-0.1, -0.05) is 6.07 Å². The molecule has 0 spiro atoms. The lowest BCUT2D eigenvalue weighted by molar-refractivity contribution is 0.0766. The normalized spacial score (nSPS) is 18.6. The Bertz CT molecular complexity index is 567. The highest BCUT2D eigenvalue weighted by Gasteiger charge is 2.27. The maximum atomic E-state index is 12.0. The van der Waals surface area contributed by atoms with Crippen molar-refractivity contribution in [2.45, 2.75) is 0 Å². The van der Waals surface area contributed by atoms with Gasteiger partial charge in [-0.15, -0.1) is 0 Å². The second-order valence-electron chi connectivity index (χ2n) is 4.12. The van der Waals surface area contributed by atoms with Crippen LogP contribution in [0.5, 0.6) is 11.5 Å². The third-order valence-electron chi connectivity index (χ3n) is 2.88. The number of hydrogen-bond acceptors (Lipinski definition) is 5. The van der Waals surface area contributed by atoms with Crippen LogP contribution in [0.1, 0.15) is 10.4 Å². The number of para-hydroxylation sites is 1. The van der Waals surface area contributed by atoms with Crippen LogP contribution in [0.2, 0.25) is 0 Å². The molecule has 1 aromatic rings. The van der Waals surface area contributed by atoms with E-state index in [0.717, 1.165) is 0 Å². The fourth-order valence-electron chi connectivity index (χ4n) is 1.79. The summed E-state index contributed by atoms with van der Waals surface area (Å²) in [4.78, 5) is 13.4. The van der Waals surface area contributed by atoms with Crippen LogP contribution in [-0.4, -0.2) is 54.0 Å². The zero-order chi connectivity index (χ0) is 13.3. The van der Waals surface area contributed by atoms with Gasteiger partial charge in [-0.05, 0) is 12.1 Å². The number of benzene rings is 1. The molecule has 0 aromatic heterocycles. The minimum Gasteiger partial charge on any atom is -0.504 e. The van der Waals surface area contributed by atoms with E-state index in [0.29, 0.717) is 0 Å². The first-order valence-corrected chi connectivity index (χ1v) is 7.23. The Kier molecular flexibility index (Phi) is 3.16. The van der Waals surface area contributed by atoms with Gasteiger partial charge in [0.2, 0.25) is 0 Å². The Morgan fingerprint density at radius 1 is 1.17 bits per heavy atom. The van der Waals surface area contributed by atoms with Gasteiger partial charge in [-0.3, -0.25) is 4.79 Å². The highest BCUT2D eigenvalue weighted by molar-refractivity contribution is 7.91. The second-order valence-corrected chi connectivity index (χ2v) is 6.42. The molecule has 0 aliphatic carbocycles. The average molecular weight is 271 g/mol. The van der Waals surface area contributed by atoms with E-state index in [4.69, 9.17) is 0 Å². The van der Waals surface area contributed by atoms with E-state index < -0.39 is 21.5 Å². The van der Waals surface area contributed by atoms with Gasteiger partial charge in [0, 0.05) is 13.1 Å². The van der Waals surface area contributed by atoms with Crippen molar-refractivity contribution in [3.8, 4) is 11.5 Å². The second kappa shape index (κ2) is 4.49. The molecular formula is C11H13NO5S. The van der Waals surface area contributed by atoms with Crippen molar-refractivity contribution in [3.63, 3.8) is 0 Å². The van der Waals surface area contributed by atoms with Crippen molar-refractivity contribution in [1.82, 2.24) is 4.90 Å². The summed E-state index contributed by atoms with van der Waals surface area (Å²) in [5.74, 6) is -1.46. The van der Waals surface area contributed by atoms with E-state index in [2.05, 4.69) is 0 Å². The Balaban J connectivity index is 2.20. The molecule has 7 heteroatoms. The summed E-state index contributed by atoms with van der Waals surface area (Å²) in [6.45, 7) is 0.215. The molecule has 0 bridgehead atoms. The number of carbonyl (C=O) groups is 1. The summed E-state index contributed by atoms with van der Waals surface area (Å²) in [6, 6.07) is 4.11. The maximum absolute atomic E-state index is 12.0. The van der Waals surface area contributed by atoms with Gasteiger partial charge in [0.1, 0.15) is 0 Å². The number of rotatable bonds is 1. The van der Waals surface area contributed by atoms with Crippen LogP contribution in [0.25, 0.3) is 0 Å². The fraction of sp³-hybridized carbons (Fsp3) is 0.364. The van der Waals surface area contributed by atoms with E-state index in [-0.39, 0.29) is 35.9 Å². The van der Waals surface area contributed by atoms with E-state index in [1.807, 2.05) is 0 Å². The fourth-order valence-corrected chi connectivity index (χ4v) is 2.99. The van der Waals surface area contributed by atoms with E-state index in [1.165, 1.54) is 23.1 Å². The molecule has 2 rings (SSSR count). The summed E-state index contributed by atoms with van der Waals surface area (Å²) >= 11 is 0. The van der Waals surface area contributed by atoms with Crippen molar-refractivity contribution in [2.75, 3.05) is 24.6 Å². The van der Waals surface area contributed by atoms with Crippen LogP contribution in [0.15, 0.2) is 18.2 Å². The lowest BCUT2D eigenvalue weighted by atomic mass is 10.1. The largest absolute Gasteiger partial charge is 0.504 e. The molecule has 0 radical (unpaired) electrons. The lowest BCUT2D eigenvalue weighted by Gasteiger charge is -2.27. The van der Waals surface area contributed by atoms with Crippen LogP contribution in [0.4, 0.5) is 0 Å². The number of nitrogens with zero attached hydrogens (tertiary/aromatic N) is 1. The Hall–Kier alpha value is -1.76. The van der Waals surface area contributed by atoms with E-state index >= 15 is 0 Å². The SMILES string of the molecule is O=C(c1cccc(O)c1O)N1CCS(=O)(=O)CC1. The molecule has 2 N–H and O–H groups in total. The average Bonchev–Trinajstić information content (AvgIpc) is 2.32. The molecule has 0 saturated carbocycles. The highest BCUT2D eigenvalue weighted by atomic mass is 32.2. The number of aromatic hydroxyl groups is 2. The number of amides is 1. The van der Waals surface area contributed by atoms with Crippen LogP contribution in [-0.2, 0) is 9.84 Å². The minimum atomic E-state index is -3.06. The first-order chi connectivity index (χ1) is 8.41. The summed E-state index contributed by atoms with van der Waals surface area (Å²) in [7, 11) is -3.06. The summed E-state index contributed by atoms with van der Waals surface area (Å²) < 4.78 is 22.5. The van der Waals surface area contributed by atoms with Crippen LogP contribution in [0, 0.1) is 0 Å². The summed E-state index contributed by atoms with van der Waals surface area (Å²) in [5.41, 5.74) is -0.0192. The molecular weight excluding hydrogens is 258 g/mol. The van der Waals surface area contributed by atoms with Gasteiger partial charge in [0.25, 0.3) is 5.91 Å². The summed E-state index contributed by atoms with van der Waals surface area (Å²) in [5, 5.41) is 18.9. The summed E-state index contributed by atoms with van der Waals surface area (Å²) in [6.07, 6.45) is 0. The van der Waals surface area contributed by atoms with Crippen LogP contribution >= 0.6 is 0 Å². The van der Waals surface area contributed by atoms with Crippen molar-refractivity contribution in [2.24, 2.45) is 0 Å². The van der Waals surface area contributed by atoms with Gasteiger partial charge < -0.3 is 15.1 Å². The number of sulfone groups is 1. The smallest absolute Gasteiger partial charge is 0.257 e. The van der Waals surface area contributed by atoms with E-state index in [9.17, 15) is 23.4 Å². The van der Waals surface area contributed by atoms with Gasteiger partial charge in [-0.2, -0.15) is 0 Å². The Labute approximate surface area is 104 Å². The van der Waals surface area contributed by atoms with Crippen LogP contribution < -0.4 is 0 Å². The third kappa shape index (κ3) is 2.40. The zero-order valence-electron chi connectivity index (χ0n) is 9.54. The molecule has 18 heavy (non-hydrogen) atoms. The third-order valence-corrected chi connectivity index (χ3v) is 4.49. The maximum Gasteiger partial charge on any atom is 0.257 e. The number of hydrogen-bond donors (Lipinski definition) is 2. The minimum absolute atomic E-state index is 0.0192. The predicted molar refractivity (Wildman–Crippen MR) is 64.3 cm³/mol. The van der Waals surface area contributed by atoms with Gasteiger partial charge in [0.05, 0.1) is 17.1 Å². The van der Waals surface area contributed by atoms with Gasteiger partial charge >= 0.3 is 0 Å². The Morgan fingerprint density at radius 2 is 1.78 bits per heavy atom. The van der Waals surface area contributed by atoms with Crippen molar-refractivity contribution in [1.29, 1.82) is 0 Å². The topological polar surface area (TPSA) is 94.9 Å². The predicted octanol–water partition coefficient (Wildman–Crippen LogP) is -0.0316. The first kappa shape index (κ1) is 12.7. The molecule has 1 aromatic carbocycles. The molecule has 6 nitrogen and oxygen atoms in total. The molecule has 1 aliphatic rings. The number of phenolic OH excluding ortho intramolecular Hbond substituents is 2. The molecule has 1 saturated heterocycles. The van der Waals surface area contributed by atoms with E-state index in [1.54, 1.807) is 0 Å². The number of phenols is 2. The molecule has 1 heterocycles. The molecule has 1 fully saturated rings. The lowest BCUT2D eigenvalue weighted by Crippen LogP contribution is -2.43. The van der Waals surface area contributed by atoms with Gasteiger partial charge in [0.15, 0.2) is 21.3 Å². The van der Waals surface area contributed by atoms with Crippen molar-refractivity contribution < 1.29 is 23.4 Å². The Morgan fingerprint density at radius 3 is 2.39 bits per heavy atom. The van der Waals surface area contributed by atoms with Crippen LogP contribution in [0.3, 0.4) is 0 Å². The monoisotopic (exact) mass is 271 g/mol. The molecule has 1 amide bonds. The molecule has 98 valence electrons. The first-order valence-electron chi connectivity index (χ1n) is 5.41. The van der Waals surface area contributed by atoms with Crippen molar-refractivity contribution >= 4 is 15.7 Å². The molecule has 0 unspecified atom stereocenters. The van der Waals surface area contributed by atoms with Crippen molar-refractivity contribution in [3.05, 3.63) is 23.8 Å². The number of carbonyl (C=O) groups excluding carboxylic acids is 1. The molecule has 0 atom stereocenters. The standard InChI is InChI=1S/C11H13NO5S/c13-9-3-1-2-8(10(9)14)11(15)12-4-6-18(16,17)7-5-12/h1-3,13-14H,4-7H2.